The molecule has 2 atom stereocenters. The quantitative estimate of drug-likeness (QED) is 0.0422. The molecule has 0 aliphatic carbocycles. The maximum Gasteiger partial charge on any atom is 0.329 e. The molecule has 2 amide bonds. The van der Waals surface area contributed by atoms with E-state index in [1.54, 1.807) is 26.2 Å². The molecule has 4 heterocycles. The first-order chi connectivity index (χ1) is 31.3. The summed E-state index contributed by atoms with van der Waals surface area (Å²) in [5, 5.41) is 43.4. The Hall–Kier alpha value is -3.46. The summed E-state index contributed by atoms with van der Waals surface area (Å²) in [7, 11) is 2.54. The molecule has 0 bridgehead atoms. The number of hydrogen-bond donors (Lipinski definition) is 8. The smallest absolute Gasteiger partial charge is 0.329 e. The zero-order chi connectivity index (χ0) is 45.5. The van der Waals surface area contributed by atoms with Crippen LogP contribution in [0.2, 0.25) is 0 Å². The van der Waals surface area contributed by atoms with Gasteiger partial charge in [-0.15, -0.1) is 10.2 Å². The van der Waals surface area contributed by atoms with Crippen LogP contribution in [-0.2, 0) is 54.8 Å². The van der Waals surface area contributed by atoms with Crippen molar-refractivity contribution in [3.8, 4) is 0 Å². The van der Waals surface area contributed by atoms with Crippen LogP contribution in [0.15, 0.2) is 12.4 Å². The molecule has 2 aliphatic heterocycles. The van der Waals surface area contributed by atoms with Gasteiger partial charge in [0.25, 0.3) is 0 Å². The van der Waals surface area contributed by atoms with E-state index in [0.717, 1.165) is 142 Å². The highest BCUT2D eigenvalue weighted by Gasteiger charge is 2.26. The van der Waals surface area contributed by atoms with E-state index in [-0.39, 0.29) is 37.8 Å². The highest BCUT2D eigenvalue weighted by Crippen LogP contribution is 2.24. The summed E-state index contributed by atoms with van der Waals surface area (Å²) in [4.78, 5) is 56.9. The van der Waals surface area contributed by atoms with Crippen LogP contribution in [0.5, 0.6) is 0 Å². The van der Waals surface area contributed by atoms with E-state index in [0.29, 0.717) is 13.1 Å². The predicted octanol–water partition coefficient (Wildman–Crippen LogP) is -2.22. The number of nitrogens with one attached hydrogen (secondary N) is 8. The Morgan fingerprint density at radius 3 is 1.33 bits per heavy atom. The number of hydrogen-bond acceptors (Lipinski definition) is 20. The van der Waals surface area contributed by atoms with E-state index in [9.17, 15) is 19.2 Å². The molecular weight excluding hydrogens is 865 g/mol. The lowest BCUT2D eigenvalue weighted by Gasteiger charge is -2.22. The molecule has 2 aliphatic rings. The van der Waals surface area contributed by atoms with Crippen LogP contribution in [0, 0.1) is 0 Å². The van der Waals surface area contributed by atoms with Gasteiger partial charge in [-0.25, -0.2) is 19.0 Å². The van der Waals surface area contributed by atoms with Gasteiger partial charge in [0.15, 0.2) is 0 Å². The van der Waals surface area contributed by atoms with Gasteiger partial charge in [-0.1, -0.05) is 32.0 Å². The van der Waals surface area contributed by atoms with E-state index in [4.69, 9.17) is 9.47 Å². The van der Waals surface area contributed by atoms with Crippen LogP contribution in [0.25, 0.3) is 0 Å². The Morgan fingerprint density at radius 2 is 0.938 bits per heavy atom. The number of aromatic nitrogens is 6. The number of amides is 2. The van der Waals surface area contributed by atoms with Crippen molar-refractivity contribution in [1.82, 2.24) is 82.3 Å². The number of ether oxygens (including phenoxy) is 2. The van der Waals surface area contributed by atoms with Crippen LogP contribution >= 0.6 is 21.6 Å². The molecule has 4 rings (SSSR count). The largest absolute Gasteiger partial charge is 0.464 e. The molecule has 0 radical (unpaired) electrons. The average molecular weight is 939 g/mol. The second-order valence-corrected chi connectivity index (χ2v) is 18.1. The number of esters is 2. The topological polar surface area (TPSA) is 251 Å². The molecule has 0 unspecified atom stereocenters. The van der Waals surface area contributed by atoms with Gasteiger partial charge < -0.3 is 52.0 Å². The molecule has 8 N–H and O–H groups in total. The van der Waals surface area contributed by atoms with Crippen molar-refractivity contribution in [3.05, 3.63) is 23.8 Å². The maximum atomic E-state index is 13.2. The summed E-state index contributed by atoms with van der Waals surface area (Å²) in [6, 6.07) is -1.92. The van der Waals surface area contributed by atoms with Crippen molar-refractivity contribution in [3.63, 3.8) is 0 Å². The Morgan fingerprint density at radius 1 is 0.562 bits per heavy atom. The van der Waals surface area contributed by atoms with Crippen molar-refractivity contribution in [2.75, 3.05) is 129 Å². The molecule has 0 aromatic carbocycles. The molecule has 2 fully saturated rings. The van der Waals surface area contributed by atoms with E-state index in [2.05, 4.69) is 73.0 Å². The Labute approximate surface area is 386 Å². The first-order valence-electron chi connectivity index (χ1n) is 23.0. The highest BCUT2D eigenvalue weighted by molar-refractivity contribution is 8.76. The summed E-state index contributed by atoms with van der Waals surface area (Å²) in [6.07, 6.45) is 7.66. The third-order valence-corrected chi connectivity index (χ3v) is 12.6. The lowest BCUT2D eigenvalue weighted by atomic mass is 10.3. The van der Waals surface area contributed by atoms with Gasteiger partial charge in [0, 0.05) is 77.0 Å². The summed E-state index contributed by atoms with van der Waals surface area (Å²) in [5.41, 5.74) is 1.51. The van der Waals surface area contributed by atoms with Gasteiger partial charge in [0.1, 0.15) is 25.2 Å². The number of rotatable bonds is 19. The van der Waals surface area contributed by atoms with E-state index in [1.807, 2.05) is 0 Å². The van der Waals surface area contributed by atoms with Gasteiger partial charge in [-0.05, 0) is 91.9 Å². The van der Waals surface area contributed by atoms with E-state index in [1.165, 1.54) is 31.0 Å². The lowest BCUT2D eigenvalue weighted by Crippen LogP contribution is -2.45. The van der Waals surface area contributed by atoms with Crippen molar-refractivity contribution in [1.29, 1.82) is 0 Å². The standard InChI is InChI=1S/C40H74N16O6S2/c1-3-61-39(59)35(47-37(57)29-55-27-33(49-51-55)25-53-21-7-13-43-17-15-41-9-5-11-45-19-23-53)31-63-64-32-36(40(60)62-4-2)48-38(58)30-56-28-34(50-52-56)26-54-22-8-14-44-18-16-42-10-6-12-46-20-24-54/h27-28,35-36,41-46H,3-26,29-32H2,1-2H3,(H,47,57)(H,48,58)/t35-,36+. The molecule has 2 aromatic rings. The minimum Gasteiger partial charge on any atom is -0.464 e. The van der Waals surface area contributed by atoms with Gasteiger partial charge >= 0.3 is 11.9 Å². The van der Waals surface area contributed by atoms with Crippen LogP contribution in [-0.4, -0.2) is 205 Å². The van der Waals surface area contributed by atoms with Gasteiger partial charge in [0.2, 0.25) is 11.8 Å². The average Bonchev–Trinajstić information content (AvgIpc) is 3.92. The first kappa shape index (κ1) is 53.2. The third kappa shape index (κ3) is 23.1. The molecule has 0 saturated carbocycles. The Balaban J connectivity index is 1.23. The maximum absolute atomic E-state index is 13.2. The fourth-order valence-corrected chi connectivity index (χ4v) is 9.21. The minimum absolute atomic E-state index is 0.129. The molecule has 2 aromatic heterocycles. The third-order valence-electron chi connectivity index (χ3n) is 10.2. The van der Waals surface area contributed by atoms with Crippen LogP contribution in [0.3, 0.4) is 0 Å². The fourth-order valence-electron chi connectivity index (χ4n) is 6.91. The number of carbonyl (C=O) groups excluding carboxylic acids is 4. The number of carbonyl (C=O) groups is 4. The summed E-state index contributed by atoms with van der Waals surface area (Å²) < 4.78 is 13.5. The molecular formula is C40H74N16O6S2. The lowest BCUT2D eigenvalue weighted by molar-refractivity contribution is -0.147. The van der Waals surface area contributed by atoms with Crippen molar-refractivity contribution in [2.24, 2.45) is 0 Å². The SMILES string of the molecule is CCOC(=O)[C@H](CSSC[C@@H](NC(=O)Cn1cc(CN2CCCNCCNCCCNCC2)nn1)C(=O)OCC)NC(=O)Cn1cc(CN2CCCNCCNCCCNCC2)nn1. The predicted molar refractivity (Wildman–Crippen MR) is 248 cm³/mol. The van der Waals surface area contributed by atoms with Gasteiger partial charge in [-0.3, -0.25) is 19.4 Å². The molecule has 24 heteroatoms. The zero-order valence-electron chi connectivity index (χ0n) is 38.0. The van der Waals surface area contributed by atoms with Crippen molar-refractivity contribution < 1.29 is 28.7 Å². The normalized spacial score (nSPS) is 18.7. The molecule has 64 heavy (non-hydrogen) atoms. The van der Waals surface area contributed by atoms with Crippen LogP contribution in [0.1, 0.15) is 50.9 Å². The Bertz CT molecular complexity index is 1470. The number of nitrogens with zero attached hydrogens (tertiary/aromatic N) is 8. The fraction of sp³-hybridized carbons (Fsp3) is 0.800. The molecule has 2 saturated heterocycles. The zero-order valence-corrected chi connectivity index (χ0v) is 39.6. The van der Waals surface area contributed by atoms with Crippen LogP contribution < -0.4 is 42.5 Å². The summed E-state index contributed by atoms with van der Waals surface area (Å²) in [5.74, 6) is -1.70. The first-order valence-corrected chi connectivity index (χ1v) is 25.4. The van der Waals surface area contributed by atoms with E-state index < -0.39 is 35.8 Å². The summed E-state index contributed by atoms with van der Waals surface area (Å²) in [6.45, 7) is 19.5. The van der Waals surface area contributed by atoms with Gasteiger partial charge in [-0.2, -0.15) is 0 Å². The highest BCUT2D eigenvalue weighted by atomic mass is 33.1. The minimum atomic E-state index is -0.959. The second-order valence-electron chi connectivity index (χ2n) is 15.6. The van der Waals surface area contributed by atoms with Crippen molar-refractivity contribution >= 4 is 45.3 Å². The molecule has 362 valence electrons. The van der Waals surface area contributed by atoms with Gasteiger partial charge in [0.05, 0.1) is 37.0 Å². The molecule has 0 spiro atoms. The van der Waals surface area contributed by atoms with Crippen molar-refractivity contribution in [2.45, 2.75) is 77.8 Å². The monoisotopic (exact) mass is 939 g/mol. The summed E-state index contributed by atoms with van der Waals surface area (Å²) >= 11 is 0. The van der Waals surface area contributed by atoms with Crippen LogP contribution in [0.4, 0.5) is 0 Å². The van der Waals surface area contributed by atoms with E-state index >= 15 is 0 Å². The second kappa shape index (κ2) is 33.1. The Kier molecular flexibility index (Phi) is 27.5. The molecule has 22 nitrogen and oxygen atoms in total.